The van der Waals surface area contributed by atoms with Crippen LogP contribution in [0, 0.1) is 5.41 Å². The molecule has 28 heavy (non-hydrogen) atoms. The van der Waals surface area contributed by atoms with Crippen molar-refractivity contribution in [2.24, 2.45) is 16.9 Å². The molecular formula is C24H30N2O2. The zero-order valence-electron chi connectivity index (χ0n) is 16.6. The SMILES string of the molecule is CCCCC1(C(N)=O)CCCCC1(C(N)=O)c1ccccc1-c1ccccc1. The molecule has 0 aromatic heterocycles. The molecule has 0 spiro atoms. The van der Waals surface area contributed by atoms with Crippen LogP contribution < -0.4 is 11.5 Å². The van der Waals surface area contributed by atoms with Gasteiger partial charge in [0.25, 0.3) is 0 Å². The quantitative estimate of drug-likeness (QED) is 0.752. The number of amides is 2. The maximum atomic E-state index is 13.2. The van der Waals surface area contributed by atoms with E-state index < -0.39 is 22.6 Å². The predicted molar refractivity (Wildman–Crippen MR) is 112 cm³/mol. The Morgan fingerprint density at radius 3 is 2.18 bits per heavy atom. The zero-order chi connectivity index (χ0) is 20.2. The van der Waals surface area contributed by atoms with E-state index in [-0.39, 0.29) is 0 Å². The van der Waals surface area contributed by atoms with Gasteiger partial charge in [-0.15, -0.1) is 0 Å². The lowest BCUT2D eigenvalue weighted by Crippen LogP contribution is -2.61. The Bertz CT molecular complexity index is 849. The van der Waals surface area contributed by atoms with Gasteiger partial charge in [-0.3, -0.25) is 9.59 Å². The summed E-state index contributed by atoms with van der Waals surface area (Å²) in [7, 11) is 0. The largest absolute Gasteiger partial charge is 0.369 e. The molecule has 1 saturated carbocycles. The zero-order valence-corrected chi connectivity index (χ0v) is 16.6. The first-order valence-electron chi connectivity index (χ1n) is 10.2. The summed E-state index contributed by atoms with van der Waals surface area (Å²) < 4.78 is 0. The third-order valence-corrected chi connectivity index (χ3v) is 6.54. The van der Waals surface area contributed by atoms with Crippen LogP contribution in [0.3, 0.4) is 0 Å². The Morgan fingerprint density at radius 1 is 0.893 bits per heavy atom. The minimum Gasteiger partial charge on any atom is -0.369 e. The Hall–Kier alpha value is -2.62. The number of benzene rings is 2. The summed E-state index contributed by atoms with van der Waals surface area (Å²) in [5.74, 6) is -0.840. The van der Waals surface area contributed by atoms with Crippen LogP contribution >= 0.6 is 0 Å². The monoisotopic (exact) mass is 378 g/mol. The smallest absolute Gasteiger partial charge is 0.229 e. The van der Waals surface area contributed by atoms with Crippen LogP contribution in [0.15, 0.2) is 54.6 Å². The van der Waals surface area contributed by atoms with Gasteiger partial charge in [-0.2, -0.15) is 0 Å². The molecule has 2 aromatic carbocycles. The van der Waals surface area contributed by atoms with Gasteiger partial charge in [-0.05, 0) is 36.0 Å². The molecule has 0 aliphatic heterocycles. The minimum absolute atomic E-state index is 0.401. The molecule has 2 atom stereocenters. The minimum atomic E-state index is -1.08. The van der Waals surface area contributed by atoms with Crippen molar-refractivity contribution >= 4 is 11.8 Å². The maximum Gasteiger partial charge on any atom is 0.229 e. The molecule has 4 nitrogen and oxygen atoms in total. The normalized spacial score (nSPS) is 24.6. The van der Waals surface area contributed by atoms with E-state index in [1.54, 1.807) is 0 Å². The molecule has 0 heterocycles. The molecule has 2 unspecified atom stereocenters. The van der Waals surface area contributed by atoms with Crippen LogP contribution in [0.25, 0.3) is 11.1 Å². The van der Waals surface area contributed by atoms with E-state index in [4.69, 9.17) is 11.5 Å². The molecule has 2 aromatic rings. The molecule has 0 bridgehead atoms. The second-order valence-electron chi connectivity index (χ2n) is 7.94. The first-order chi connectivity index (χ1) is 13.5. The molecule has 4 heteroatoms. The third kappa shape index (κ3) is 3.11. The summed E-state index contributed by atoms with van der Waals surface area (Å²) in [6.07, 6.45) is 5.26. The van der Waals surface area contributed by atoms with Crippen molar-refractivity contribution in [2.75, 3.05) is 0 Å². The average Bonchev–Trinajstić information content (AvgIpc) is 2.72. The Morgan fingerprint density at radius 2 is 1.54 bits per heavy atom. The van der Waals surface area contributed by atoms with Crippen LogP contribution in [-0.2, 0) is 15.0 Å². The van der Waals surface area contributed by atoms with Crippen molar-refractivity contribution in [3.63, 3.8) is 0 Å². The van der Waals surface area contributed by atoms with Gasteiger partial charge in [0.1, 0.15) is 0 Å². The fraction of sp³-hybridized carbons (Fsp3) is 0.417. The van der Waals surface area contributed by atoms with Crippen LogP contribution in [-0.4, -0.2) is 11.8 Å². The van der Waals surface area contributed by atoms with Crippen molar-refractivity contribution < 1.29 is 9.59 Å². The van der Waals surface area contributed by atoms with Crippen LogP contribution in [0.5, 0.6) is 0 Å². The highest BCUT2D eigenvalue weighted by atomic mass is 16.2. The van der Waals surface area contributed by atoms with Gasteiger partial charge in [0.2, 0.25) is 11.8 Å². The summed E-state index contributed by atoms with van der Waals surface area (Å²) in [5.41, 5.74) is 12.9. The van der Waals surface area contributed by atoms with E-state index in [0.29, 0.717) is 19.3 Å². The van der Waals surface area contributed by atoms with Gasteiger partial charge < -0.3 is 11.5 Å². The standard InChI is InChI=1S/C24H30N2O2/c1-2-3-15-23(21(25)27)16-9-10-17-24(23,22(26)28)20-14-8-7-13-19(20)18-11-5-4-6-12-18/h4-8,11-14H,2-3,9-10,15-17H2,1H3,(H2,25,27)(H2,26,28). The average molecular weight is 379 g/mol. The molecular weight excluding hydrogens is 348 g/mol. The third-order valence-electron chi connectivity index (χ3n) is 6.54. The van der Waals surface area contributed by atoms with Gasteiger partial charge in [0.05, 0.1) is 10.8 Å². The summed E-state index contributed by atoms with van der Waals surface area (Å²) in [6.45, 7) is 2.08. The molecule has 1 aliphatic rings. The molecule has 0 radical (unpaired) electrons. The molecule has 148 valence electrons. The molecule has 4 N–H and O–H groups in total. The van der Waals surface area contributed by atoms with Crippen LogP contribution in [0.4, 0.5) is 0 Å². The summed E-state index contributed by atoms with van der Waals surface area (Å²) in [5, 5.41) is 0. The number of carbonyl (C=O) groups excluding carboxylic acids is 2. The van der Waals surface area contributed by atoms with E-state index in [1.165, 1.54) is 0 Å². The highest BCUT2D eigenvalue weighted by Crippen LogP contribution is 2.56. The lowest BCUT2D eigenvalue weighted by molar-refractivity contribution is -0.146. The molecule has 1 aliphatic carbocycles. The number of primary amides is 2. The first-order valence-corrected chi connectivity index (χ1v) is 10.2. The van der Waals surface area contributed by atoms with Crippen molar-refractivity contribution in [3.05, 3.63) is 60.2 Å². The highest BCUT2D eigenvalue weighted by molar-refractivity contribution is 5.98. The van der Waals surface area contributed by atoms with Crippen molar-refractivity contribution in [1.29, 1.82) is 0 Å². The van der Waals surface area contributed by atoms with Gasteiger partial charge >= 0.3 is 0 Å². The molecule has 1 fully saturated rings. The van der Waals surface area contributed by atoms with Crippen LogP contribution in [0.2, 0.25) is 0 Å². The van der Waals surface area contributed by atoms with Crippen LogP contribution in [0.1, 0.15) is 57.4 Å². The number of nitrogens with two attached hydrogens (primary N) is 2. The van der Waals surface area contributed by atoms with Gasteiger partial charge in [-0.25, -0.2) is 0 Å². The van der Waals surface area contributed by atoms with E-state index in [0.717, 1.165) is 42.4 Å². The fourth-order valence-corrected chi connectivity index (χ4v) is 5.15. The van der Waals surface area contributed by atoms with Gasteiger partial charge in [0, 0.05) is 0 Å². The lowest BCUT2D eigenvalue weighted by atomic mass is 9.50. The summed E-state index contributed by atoms with van der Waals surface area (Å²) >= 11 is 0. The van der Waals surface area contributed by atoms with E-state index in [2.05, 4.69) is 6.92 Å². The summed E-state index contributed by atoms with van der Waals surface area (Å²) in [4.78, 5) is 26.1. The van der Waals surface area contributed by atoms with Gasteiger partial charge in [-0.1, -0.05) is 87.2 Å². The highest BCUT2D eigenvalue weighted by Gasteiger charge is 2.61. The number of carbonyl (C=O) groups is 2. The number of hydrogen-bond acceptors (Lipinski definition) is 2. The molecule has 3 rings (SSSR count). The van der Waals surface area contributed by atoms with Crippen molar-refractivity contribution in [1.82, 2.24) is 0 Å². The molecule has 2 amide bonds. The van der Waals surface area contributed by atoms with E-state index >= 15 is 0 Å². The van der Waals surface area contributed by atoms with Crippen molar-refractivity contribution in [3.8, 4) is 11.1 Å². The van der Waals surface area contributed by atoms with Crippen molar-refractivity contribution in [2.45, 2.75) is 57.3 Å². The first kappa shape index (κ1) is 20.1. The maximum absolute atomic E-state index is 13.2. The topological polar surface area (TPSA) is 86.2 Å². The van der Waals surface area contributed by atoms with Gasteiger partial charge in [0.15, 0.2) is 0 Å². The molecule has 0 saturated heterocycles. The summed E-state index contributed by atoms with van der Waals surface area (Å²) in [6, 6.07) is 17.8. The predicted octanol–water partition coefficient (Wildman–Crippen LogP) is 4.31. The number of unbranched alkanes of at least 4 members (excludes halogenated alkanes) is 1. The number of hydrogen-bond donors (Lipinski definition) is 2. The Balaban J connectivity index is 2.30. The second-order valence-corrected chi connectivity index (χ2v) is 7.94. The fourth-order valence-electron chi connectivity index (χ4n) is 5.15. The Labute approximate surface area is 167 Å². The number of rotatable bonds is 7. The van der Waals surface area contributed by atoms with E-state index in [9.17, 15) is 9.59 Å². The van der Waals surface area contributed by atoms with E-state index in [1.807, 2.05) is 54.6 Å². The Kier molecular flexibility index (Phi) is 5.87. The second kappa shape index (κ2) is 8.17. The lowest BCUT2D eigenvalue weighted by Gasteiger charge is -2.51.